The first-order valence-electron chi connectivity index (χ1n) is 12.6. The van der Waals surface area contributed by atoms with Crippen molar-refractivity contribution in [3.8, 4) is 6.07 Å². The fraction of sp³-hybridized carbons (Fsp3) is 0.206. The van der Waals surface area contributed by atoms with E-state index in [1.54, 1.807) is 6.08 Å². The minimum Gasteiger partial charge on any atom is -0.207 e. The molecule has 0 radical (unpaired) electrons. The van der Waals surface area contributed by atoms with E-state index in [0.29, 0.717) is 16.7 Å². The van der Waals surface area contributed by atoms with Gasteiger partial charge in [-0.1, -0.05) is 87.5 Å². The van der Waals surface area contributed by atoms with Crippen LogP contribution in [0.1, 0.15) is 60.6 Å². The van der Waals surface area contributed by atoms with Crippen LogP contribution in [-0.4, -0.2) is 0 Å². The molecule has 0 fully saturated rings. The van der Waals surface area contributed by atoms with E-state index in [2.05, 4.69) is 31.7 Å². The van der Waals surface area contributed by atoms with Crippen molar-refractivity contribution in [1.29, 1.82) is 5.26 Å². The zero-order valence-corrected chi connectivity index (χ0v) is 22.2. The van der Waals surface area contributed by atoms with Gasteiger partial charge in [0.15, 0.2) is 0 Å². The van der Waals surface area contributed by atoms with Crippen LogP contribution in [0.15, 0.2) is 91.0 Å². The maximum absolute atomic E-state index is 14.2. The number of aryl methyl sites for hydroxylation is 1. The highest BCUT2D eigenvalue weighted by Gasteiger charge is 2.22. The molecule has 1 aliphatic rings. The summed E-state index contributed by atoms with van der Waals surface area (Å²) < 4.78 is 28.4. The minimum atomic E-state index is -0.631. The van der Waals surface area contributed by atoms with Gasteiger partial charge in [0.1, 0.15) is 11.6 Å². The fourth-order valence-electron chi connectivity index (χ4n) is 4.66. The van der Waals surface area contributed by atoms with Gasteiger partial charge in [0.2, 0.25) is 0 Å². The molecule has 0 aliphatic heterocycles. The van der Waals surface area contributed by atoms with Crippen molar-refractivity contribution in [2.75, 3.05) is 0 Å². The number of hydrogen-bond acceptors (Lipinski definition) is 1. The molecule has 0 saturated heterocycles. The Balaban J connectivity index is 0.00000186. The van der Waals surface area contributed by atoms with Crippen LogP contribution in [0.4, 0.5) is 8.78 Å². The van der Waals surface area contributed by atoms with Crippen molar-refractivity contribution in [3.63, 3.8) is 0 Å². The third-order valence-corrected chi connectivity index (χ3v) is 6.57. The second kappa shape index (κ2) is 12.3. The lowest BCUT2D eigenvalue weighted by atomic mass is 9.79. The Morgan fingerprint density at radius 1 is 0.973 bits per heavy atom. The second-order valence-corrected chi connectivity index (χ2v) is 9.00. The van der Waals surface area contributed by atoms with Gasteiger partial charge >= 0.3 is 0 Å². The SMILES string of the molecule is C=C/C(=C(\C1=CCC(C)C(c2cccc(C#N)c2C)=C1)c1ccc(C)cc1)c1cc(F)cc(F)c1.CC. The molecular weight excluding hydrogens is 460 g/mol. The zero-order valence-electron chi connectivity index (χ0n) is 22.2. The van der Waals surface area contributed by atoms with Gasteiger partial charge < -0.3 is 0 Å². The van der Waals surface area contributed by atoms with Crippen molar-refractivity contribution < 1.29 is 8.78 Å². The first-order chi connectivity index (χ1) is 17.8. The number of halogens is 2. The Morgan fingerprint density at radius 3 is 2.22 bits per heavy atom. The van der Waals surface area contributed by atoms with E-state index in [1.165, 1.54) is 12.1 Å². The smallest absolute Gasteiger partial charge is 0.126 e. The Morgan fingerprint density at radius 2 is 1.62 bits per heavy atom. The highest BCUT2D eigenvalue weighted by atomic mass is 19.1. The van der Waals surface area contributed by atoms with Gasteiger partial charge in [0.05, 0.1) is 11.6 Å². The Kier molecular flexibility index (Phi) is 9.15. The van der Waals surface area contributed by atoms with Gasteiger partial charge in [0, 0.05) is 6.07 Å². The number of allylic oxidation sites excluding steroid dienone is 7. The van der Waals surface area contributed by atoms with Gasteiger partial charge in [-0.05, 0) is 88.9 Å². The molecule has 0 heterocycles. The molecule has 4 rings (SSSR count). The Bertz CT molecular complexity index is 1410. The number of nitrogens with zero attached hydrogens (tertiary/aromatic N) is 1. The molecule has 0 spiro atoms. The molecule has 37 heavy (non-hydrogen) atoms. The van der Waals surface area contributed by atoms with Gasteiger partial charge in [-0.2, -0.15) is 5.26 Å². The normalized spacial score (nSPS) is 15.4. The molecule has 3 heteroatoms. The maximum atomic E-state index is 14.2. The van der Waals surface area contributed by atoms with Crippen LogP contribution in [0.5, 0.6) is 0 Å². The van der Waals surface area contributed by atoms with E-state index < -0.39 is 11.6 Å². The predicted molar refractivity (Wildman–Crippen MR) is 152 cm³/mol. The summed E-state index contributed by atoms with van der Waals surface area (Å²) in [5.74, 6) is -1.01. The van der Waals surface area contributed by atoms with E-state index in [0.717, 1.165) is 51.5 Å². The molecule has 0 saturated carbocycles. The molecule has 1 atom stereocenters. The molecular formula is C34H33F2N. The van der Waals surface area contributed by atoms with Crippen LogP contribution in [0, 0.1) is 42.7 Å². The van der Waals surface area contributed by atoms with Gasteiger partial charge in [-0.15, -0.1) is 0 Å². The highest BCUT2D eigenvalue weighted by molar-refractivity contribution is 6.04. The van der Waals surface area contributed by atoms with Crippen LogP contribution in [0.25, 0.3) is 16.7 Å². The summed E-state index contributed by atoms with van der Waals surface area (Å²) in [6.45, 7) is 14.2. The maximum Gasteiger partial charge on any atom is 0.126 e. The standard InChI is InChI=1S/C32H27F2N.C2H6/c1-5-29(26-15-27(33)18-28(34)16-26)32(23-12-9-20(2)10-13-23)24-14-11-21(3)31(17-24)30-8-6-7-25(19-35)22(30)4;1-2/h5-10,12-18,21H,1,11H2,2-4H3;1-2H3/b32-29+;. The van der Waals surface area contributed by atoms with E-state index in [-0.39, 0.29) is 5.92 Å². The van der Waals surface area contributed by atoms with E-state index >= 15 is 0 Å². The number of nitriles is 1. The quantitative estimate of drug-likeness (QED) is 0.256. The summed E-state index contributed by atoms with van der Waals surface area (Å²) in [5.41, 5.74) is 8.76. The molecule has 3 aromatic carbocycles. The second-order valence-electron chi connectivity index (χ2n) is 9.00. The van der Waals surface area contributed by atoms with E-state index in [4.69, 9.17) is 0 Å². The molecule has 3 aromatic rings. The van der Waals surface area contributed by atoms with Crippen LogP contribution in [0.2, 0.25) is 0 Å². The predicted octanol–water partition coefficient (Wildman–Crippen LogP) is 9.63. The van der Waals surface area contributed by atoms with Gasteiger partial charge in [-0.25, -0.2) is 8.78 Å². The summed E-state index contributed by atoms with van der Waals surface area (Å²) in [6, 6.07) is 19.7. The Hall–Kier alpha value is -4.03. The minimum absolute atomic E-state index is 0.254. The highest BCUT2D eigenvalue weighted by Crippen LogP contribution is 2.41. The number of rotatable bonds is 5. The first kappa shape index (κ1) is 27.6. The first-order valence-corrected chi connectivity index (χ1v) is 12.6. The summed E-state index contributed by atoms with van der Waals surface area (Å²) in [5, 5.41) is 9.53. The largest absolute Gasteiger partial charge is 0.207 e. The Labute approximate surface area is 219 Å². The van der Waals surface area contributed by atoms with Gasteiger partial charge in [-0.3, -0.25) is 0 Å². The molecule has 1 nitrogen and oxygen atoms in total. The molecule has 0 N–H and O–H groups in total. The van der Waals surface area contributed by atoms with Crippen LogP contribution in [-0.2, 0) is 0 Å². The number of benzene rings is 3. The van der Waals surface area contributed by atoms with E-state index in [9.17, 15) is 14.0 Å². The molecule has 0 amide bonds. The van der Waals surface area contributed by atoms with Crippen molar-refractivity contribution in [3.05, 3.63) is 136 Å². The molecule has 1 unspecified atom stereocenters. The monoisotopic (exact) mass is 493 g/mol. The van der Waals surface area contributed by atoms with Gasteiger partial charge in [0.25, 0.3) is 0 Å². The molecule has 0 aromatic heterocycles. The fourth-order valence-corrected chi connectivity index (χ4v) is 4.66. The molecule has 1 aliphatic carbocycles. The summed E-state index contributed by atoms with van der Waals surface area (Å²) >= 11 is 0. The summed E-state index contributed by atoms with van der Waals surface area (Å²) in [4.78, 5) is 0. The topological polar surface area (TPSA) is 23.8 Å². The van der Waals surface area contributed by atoms with Crippen LogP contribution in [0.3, 0.4) is 0 Å². The lowest BCUT2D eigenvalue weighted by molar-refractivity contribution is 0.582. The van der Waals surface area contributed by atoms with Crippen molar-refractivity contribution in [1.82, 2.24) is 0 Å². The molecule has 0 bridgehead atoms. The van der Waals surface area contributed by atoms with Crippen molar-refractivity contribution in [2.45, 2.75) is 41.0 Å². The van der Waals surface area contributed by atoms with Crippen LogP contribution < -0.4 is 0 Å². The average molecular weight is 494 g/mol. The third-order valence-electron chi connectivity index (χ3n) is 6.57. The van der Waals surface area contributed by atoms with Crippen LogP contribution >= 0.6 is 0 Å². The van der Waals surface area contributed by atoms with Crippen molar-refractivity contribution >= 4 is 16.7 Å². The van der Waals surface area contributed by atoms with E-state index in [1.807, 2.05) is 70.2 Å². The summed E-state index contributed by atoms with van der Waals surface area (Å²) in [6.07, 6.45) is 6.78. The lowest BCUT2D eigenvalue weighted by Crippen LogP contribution is -2.07. The van der Waals surface area contributed by atoms with Crippen molar-refractivity contribution in [2.24, 2.45) is 5.92 Å². The average Bonchev–Trinajstić information content (AvgIpc) is 2.89. The zero-order chi connectivity index (χ0) is 27.1. The lowest BCUT2D eigenvalue weighted by Gasteiger charge is -2.25. The number of hydrogen-bond donors (Lipinski definition) is 0. The molecule has 188 valence electrons. The summed E-state index contributed by atoms with van der Waals surface area (Å²) in [7, 11) is 0. The third kappa shape index (κ3) is 6.04.